The van der Waals surface area contributed by atoms with Crippen LogP contribution in [0.4, 0.5) is 5.69 Å². The Morgan fingerprint density at radius 1 is 1.42 bits per heavy atom. The van der Waals surface area contributed by atoms with Crippen molar-refractivity contribution in [2.24, 2.45) is 0 Å². The molecule has 2 heteroatoms. The van der Waals surface area contributed by atoms with Crippen LogP contribution in [-0.4, -0.2) is 12.8 Å². The molecule has 2 rings (SSSR count). The average Bonchev–Trinajstić information content (AvgIpc) is 2.46. The first-order valence-corrected chi connectivity index (χ1v) is 5.40. The molecule has 1 aromatic rings. The van der Waals surface area contributed by atoms with Crippen molar-refractivity contribution in [3.63, 3.8) is 0 Å². The topological polar surface area (TPSA) is 3.24 Å². The molecule has 12 heavy (non-hydrogen) atoms. The number of fused-ring (bicyclic) bond motifs is 1. The third kappa shape index (κ3) is 1.20. The molecule has 0 radical (unpaired) electrons. The van der Waals surface area contributed by atoms with E-state index in [4.69, 9.17) is 0 Å². The van der Waals surface area contributed by atoms with Gasteiger partial charge in [-0.25, -0.2) is 0 Å². The molecule has 0 saturated carbocycles. The van der Waals surface area contributed by atoms with Crippen molar-refractivity contribution in [3.8, 4) is 0 Å². The Morgan fingerprint density at radius 3 is 3.00 bits per heavy atom. The van der Waals surface area contributed by atoms with Gasteiger partial charge in [0.2, 0.25) is 0 Å². The molecule has 0 aliphatic carbocycles. The first kappa shape index (κ1) is 7.99. The molecule has 0 bridgehead atoms. The summed E-state index contributed by atoms with van der Waals surface area (Å²) < 4.78 is 2.36. The van der Waals surface area contributed by atoms with Crippen LogP contribution in [0.25, 0.3) is 0 Å². The van der Waals surface area contributed by atoms with E-state index in [1.54, 1.807) is 0 Å². The Morgan fingerprint density at radius 2 is 2.25 bits per heavy atom. The molecule has 1 nitrogen and oxygen atoms in total. The monoisotopic (exact) mass is 179 g/mol. The quantitative estimate of drug-likeness (QED) is 0.610. The second-order valence-electron chi connectivity index (χ2n) is 3.17. The van der Waals surface area contributed by atoms with Crippen LogP contribution in [0, 0.1) is 6.92 Å². The largest absolute Gasteiger partial charge is 0.316 e. The van der Waals surface area contributed by atoms with Crippen molar-refractivity contribution in [2.75, 3.05) is 17.1 Å². The van der Waals surface area contributed by atoms with Crippen LogP contribution in [0.3, 0.4) is 0 Å². The van der Waals surface area contributed by atoms with Crippen LogP contribution in [0.1, 0.15) is 11.1 Å². The van der Waals surface area contributed by atoms with Crippen LogP contribution < -0.4 is 4.31 Å². The predicted octanol–water partition coefficient (Wildman–Crippen LogP) is 2.64. The Bertz CT molecular complexity index is 296. The van der Waals surface area contributed by atoms with Gasteiger partial charge in [-0.15, -0.1) is 0 Å². The fourth-order valence-electron chi connectivity index (χ4n) is 1.69. The van der Waals surface area contributed by atoms with Gasteiger partial charge < -0.3 is 4.31 Å². The van der Waals surface area contributed by atoms with Gasteiger partial charge in [-0.2, -0.15) is 0 Å². The van der Waals surface area contributed by atoms with E-state index in [2.05, 4.69) is 35.7 Å². The minimum atomic E-state index is 1.17. The van der Waals surface area contributed by atoms with Gasteiger partial charge in [0.05, 0.1) is 5.69 Å². The third-order valence-corrected chi connectivity index (χ3v) is 3.13. The maximum absolute atomic E-state index is 2.36. The summed E-state index contributed by atoms with van der Waals surface area (Å²) in [5.74, 6) is 0. The van der Waals surface area contributed by atoms with E-state index in [0.29, 0.717) is 0 Å². The lowest BCUT2D eigenvalue weighted by Crippen LogP contribution is -2.08. The molecule has 1 aliphatic rings. The van der Waals surface area contributed by atoms with Crippen molar-refractivity contribution < 1.29 is 0 Å². The smallest absolute Gasteiger partial charge is 0.0502 e. The fourth-order valence-corrected chi connectivity index (χ4v) is 2.34. The maximum Gasteiger partial charge on any atom is 0.0502 e. The van der Waals surface area contributed by atoms with E-state index in [-0.39, 0.29) is 0 Å². The fraction of sp³-hybridized carbons (Fsp3) is 0.400. The lowest BCUT2D eigenvalue weighted by Gasteiger charge is -2.14. The molecule has 0 amide bonds. The van der Waals surface area contributed by atoms with Gasteiger partial charge in [0.15, 0.2) is 0 Å². The first-order valence-electron chi connectivity index (χ1n) is 4.22. The van der Waals surface area contributed by atoms with Gasteiger partial charge in [-0.05, 0) is 25.0 Å². The predicted molar refractivity (Wildman–Crippen MR) is 55.7 cm³/mol. The Kier molecular flexibility index (Phi) is 2.01. The molecule has 0 fully saturated rings. The molecule has 0 N–H and O–H groups in total. The normalized spacial score (nSPS) is 15.0. The Labute approximate surface area is 77.9 Å². The highest BCUT2D eigenvalue weighted by Crippen LogP contribution is 2.32. The molecule has 0 atom stereocenters. The number of anilines is 1. The summed E-state index contributed by atoms with van der Waals surface area (Å²) in [6, 6.07) is 6.72. The molecule has 0 saturated heterocycles. The van der Waals surface area contributed by atoms with E-state index < -0.39 is 0 Å². The first-order chi connectivity index (χ1) is 5.81. The minimum absolute atomic E-state index is 1.17. The van der Waals surface area contributed by atoms with E-state index in [1.165, 1.54) is 29.8 Å². The van der Waals surface area contributed by atoms with Crippen LogP contribution in [0.5, 0.6) is 0 Å². The lowest BCUT2D eigenvalue weighted by molar-refractivity contribution is 1.05. The number of rotatable bonds is 1. The van der Waals surface area contributed by atoms with Crippen molar-refractivity contribution >= 4 is 17.6 Å². The summed E-state index contributed by atoms with van der Waals surface area (Å²) in [5, 5.41) is 0. The summed E-state index contributed by atoms with van der Waals surface area (Å²) in [5.41, 5.74) is 4.29. The van der Waals surface area contributed by atoms with Crippen molar-refractivity contribution in [1.29, 1.82) is 0 Å². The number of benzene rings is 1. The van der Waals surface area contributed by atoms with Crippen LogP contribution in [-0.2, 0) is 6.42 Å². The van der Waals surface area contributed by atoms with Gasteiger partial charge in [0.1, 0.15) is 0 Å². The van der Waals surface area contributed by atoms with Crippen LogP contribution >= 0.6 is 11.9 Å². The Hall–Kier alpha value is -0.630. The number of hydrogen-bond acceptors (Lipinski definition) is 2. The van der Waals surface area contributed by atoms with Gasteiger partial charge in [-0.3, -0.25) is 0 Å². The highest BCUT2D eigenvalue weighted by molar-refractivity contribution is 8.00. The van der Waals surface area contributed by atoms with Gasteiger partial charge >= 0.3 is 0 Å². The average molecular weight is 179 g/mol. The van der Waals surface area contributed by atoms with Crippen LogP contribution in [0.15, 0.2) is 18.2 Å². The van der Waals surface area contributed by atoms with Crippen molar-refractivity contribution in [3.05, 3.63) is 29.3 Å². The summed E-state index contributed by atoms with van der Waals surface area (Å²) in [4.78, 5) is 0. The lowest BCUT2D eigenvalue weighted by atomic mass is 10.1. The van der Waals surface area contributed by atoms with E-state index in [1.807, 2.05) is 11.9 Å². The summed E-state index contributed by atoms with van der Waals surface area (Å²) >= 11 is 1.81. The highest BCUT2D eigenvalue weighted by Gasteiger charge is 2.17. The van der Waals surface area contributed by atoms with E-state index in [9.17, 15) is 0 Å². The number of aryl methyl sites for hydroxylation is 1. The molecule has 1 aliphatic heterocycles. The van der Waals surface area contributed by atoms with Gasteiger partial charge in [0, 0.05) is 12.8 Å². The molecule has 0 spiro atoms. The molecule has 1 aromatic carbocycles. The van der Waals surface area contributed by atoms with E-state index in [0.717, 1.165) is 0 Å². The SMILES string of the molecule is CSN1CCc2cc(C)ccc21. The van der Waals surface area contributed by atoms with Gasteiger partial charge in [0.25, 0.3) is 0 Å². The minimum Gasteiger partial charge on any atom is -0.316 e. The molecule has 0 aromatic heterocycles. The van der Waals surface area contributed by atoms with Crippen molar-refractivity contribution in [2.45, 2.75) is 13.3 Å². The molecule has 64 valence electrons. The molecule has 1 heterocycles. The summed E-state index contributed by atoms with van der Waals surface area (Å²) in [6.07, 6.45) is 3.34. The summed E-state index contributed by atoms with van der Waals surface area (Å²) in [6.45, 7) is 3.32. The molecule has 0 unspecified atom stereocenters. The molecular weight excluding hydrogens is 166 g/mol. The van der Waals surface area contributed by atoms with E-state index >= 15 is 0 Å². The Balaban J connectivity index is 2.40. The van der Waals surface area contributed by atoms with Gasteiger partial charge in [-0.1, -0.05) is 29.6 Å². The van der Waals surface area contributed by atoms with Crippen molar-refractivity contribution in [1.82, 2.24) is 0 Å². The third-order valence-electron chi connectivity index (χ3n) is 2.31. The number of nitrogens with zero attached hydrogens (tertiary/aromatic N) is 1. The second-order valence-corrected chi connectivity index (χ2v) is 3.97. The zero-order valence-corrected chi connectivity index (χ0v) is 8.32. The number of hydrogen-bond donors (Lipinski definition) is 0. The zero-order chi connectivity index (χ0) is 8.55. The summed E-state index contributed by atoms with van der Waals surface area (Å²) in [7, 11) is 0. The highest BCUT2D eigenvalue weighted by atomic mass is 32.2. The standard InChI is InChI=1S/C10H13NS/c1-8-3-4-10-9(7-8)5-6-11(10)12-2/h3-4,7H,5-6H2,1-2H3. The molecular formula is C10H13NS. The second kappa shape index (κ2) is 3.02. The maximum atomic E-state index is 2.36. The zero-order valence-electron chi connectivity index (χ0n) is 7.50. The van der Waals surface area contributed by atoms with Crippen LogP contribution in [0.2, 0.25) is 0 Å².